The molecule has 0 aliphatic carbocycles. The number of imidazole rings is 1. The van der Waals surface area contributed by atoms with Crippen molar-refractivity contribution < 1.29 is 9.50 Å². The molecule has 5 heteroatoms. The molecule has 0 saturated carbocycles. The molecule has 0 amide bonds. The van der Waals surface area contributed by atoms with Gasteiger partial charge in [-0.1, -0.05) is 11.8 Å². The van der Waals surface area contributed by atoms with Gasteiger partial charge in [0.15, 0.2) is 5.16 Å². The van der Waals surface area contributed by atoms with Gasteiger partial charge in [0, 0.05) is 17.9 Å². The molecule has 0 bridgehead atoms. The first-order valence-corrected chi connectivity index (χ1v) is 6.37. The summed E-state index contributed by atoms with van der Waals surface area (Å²) in [6, 6.07) is 6.20. The number of aromatic nitrogens is 2. The second-order valence-electron chi connectivity index (χ2n) is 3.85. The van der Waals surface area contributed by atoms with Crippen LogP contribution in [0.3, 0.4) is 0 Å². The van der Waals surface area contributed by atoms with Crippen LogP contribution in [-0.4, -0.2) is 20.4 Å². The maximum Gasteiger partial charge on any atom is 0.168 e. The molecule has 1 aliphatic heterocycles. The molecule has 0 fully saturated rings. The largest absolute Gasteiger partial charge is 0.390 e. The summed E-state index contributed by atoms with van der Waals surface area (Å²) in [6.45, 7) is 0.838. The SMILES string of the molecule is OCc1c(-c2ccc(F)cc2)nc2n1CCS2. The number of nitrogens with zero attached hydrogens (tertiary/aromatic N) is 2. The highest BCUT2D eigenvalue weighted by molar-refractivity contribution is 7.99. The van der Waals surface area contributed by atoms with E-state index in [1.165, 1.54) is 12.1 Å². The highest BCUT2D eigenvalue weighted by Gasteiger charge is 2.21. The monoisotopic (exact) mass is 250 g/mol. The predicted molar refractivity (Wildman–Crippen MR) is 64.3 cm³/mol. The minimum absolute atomic E-state index is 0.0414. The van der Waals surface area contributed by atoms with Crippen LogP contribution in [0.2, 0.25) is 0 Å². The number of benzene rings is 1. The molecule has 3 nitrogen and oxygen atoms in total. The van der Waals surface area contributed by atoms with Gasteiger partial charge in [-0.15, -0.1) is 0 Å². The molecule has 0 spiro atoms. The van der Waals surface area contributed by atoms with E-state index in [1.54, 1.807) is 23.9 Å². The lowest BCUT2D eigenvalue weighted by Gasteiger charge is -2.04. The van der Waals surface area contributed by atoms with Gasteiger partial charge in [-0.05, 0) is 24.3 Å². The average Bonchev–Trinajstić information content (AvgIpc) is 2.89. The Morgan fingerprint density at radius 1 is 1.35 bits per heavy atom. The van der Waals surface area contributed by atoms with E-state index in [-0.39, 0.29) is 12.4 Å². The molecule has 1 aliphatic rings. The Bertz CT molecular complexity index is 550. The molecule has 1 aromatic carbocycles. The van der Waals surface area contributed by atoms with Gasteiger partial charge < -0.3 is 9.67 Å². The quantitative estimate of drug-likeness (QED) is 0.888. The molecule has 1 N–H and O–H groups in total. The van der Waals surface area contributed by atoms with Crippen molar-refractivity contribution in [2.24, 2.45) is 0 Å². The standard InChI is InChI=1S/C12H11FN2OS/c13-9-3-1-8(2-4-9)11-10(7-16)15-5-6-17-12(15)14-11/h1-4,16H,5-7H2. The predicted octanol–water partition coefficient (Wildman–Crippen LogP) is 2.29. The molecule has 1 aromatic heterocycles. The second-order valence-corrected chi connectivity index (χ2v) is 4.92. The highest BCUT2D eigenvalue weighted by atomic mass is 32.2. The number of aliphatic hydroxyl groups excluding tert-OH is 1. The molecule has 88 valence electrons. The maximum atomic E-state index is 12.9. The molecule has 2 aromatic rings. The molecule has 0 unspecified atom stereocenters. The third-order valence-corrected chi connectivity index (χ3v) is 3.81. The molecular weight excluding hydrogens is 239 g/mol. The lowest BCUT2D eigenvalue weighted by molar-refractivity contribution is 0.271. The van der Waals surface area contributed by atoms with E-state index in [1.807, 2.05) is 4.57 Å². The third-order valence-electron chi connectivity index (χ3n) is 2.85. The van der Waals surface area contributed by atoms with Crippen LogP contribution in [0.4, 0.5) is 4.39 Å². The van der Waals surface area contributed by atoms with Crippen LogP contribution in [-0.2, 0) is 13.2 Å². The van der Waals surface area contributed by atoms with Crippen molar-refractivity contribution in [3.05, 3.63) is 35.8 Å². The van der Waals surface area contributed by atoms with Crippen molar-refractivity contribution >= 4 is 11.8 Å². The summed E-state index contributed by atoms with van der Waals surface area (Å²) in [4.78, 5) is 4.50. The van der Waals surface area contributed by atoms with Gasteiger partial charge in [-0.2, -0.15) is 0 Å². The van der Waals surface area contributed by atoms with Gasteiger partial charge in [0.05, 0.1) is 18.0 Å². The molecule has 2 heterocycles. The van der Waals surface area contributed by atoms with Gasteiger partial charge in [0.1, 0.15) is 5.82 Å². The Morgan fingerprint density at radius 3 is 2.82 bits per heavy atom. The van der Waals surface area contributed by atoms with Crippen LogP contribution < -0.4 is 0 Å². The highest BCUT2D eigenvalue weighted by Crippen LogP contribution is 2.33. The lowest BCUT2D eigenvalue weighted by Crippen LogP contribution is -2.01. The van der Waals surface area contributed by atoms with Gasteiger partial charge >= 0.3 is 0 Å². The smallest absolute Gasteiger partial charge is 0.168 e. The first-order valence-electron chi connectivity index (χ1n) is 5.38. The Balaban J connectivity index is 2.11. The topological polar surface area (TPSA) is 38.1 Å². The van der Waals surface area contributed by atoms with Crippen molar-refractivity contribution in [2.45, 2.75) is 18.3 Å². The normalized spacial score (nSPS) is 14.0. The van der Waals surface area contributed by atoms with Crippen LogP contribution in [0.5, 0.6) is 0 Å². The summed E-state index contributed by atoms with van der Waals surface area (Å²) >= 11 is 1.68. The number of aliphatic hydroxyl groups is 1. The Morgan fingerprint density at radius 2 is 2.12 bits per heavy atom. The fourth-order valence-electron chi connectivity index (χ4n) is 2.03. The molecule has 0 radical (unpaired) electrons. The zero-order valence-corrected chi connectivity index (χ0v) is 9.88. The summed E-state index contributed by atoms with van der Waals surface area (Å²) in [7, 11) is 0. The van der Waals surface area contributed by atoms with Crippen molar-refractivity contribution in [1.82, 2.24) is 9.55 Å². The van der Waals surface area contributed by atoms with Gasteiger partial charge in [0.2, 0.25) is 0 Å². The first-order chi connectivity index (χ1) is 8.29. The summed E-state index contributed by atoms with van der Waals surface area (Å²) in [6.07, 6.45) is 0. The number of halogens is 1. The van der Waals surface area contributed by atoms with Crippen molar-refractivity contribution in [3.63, 3.8) is 0 Å². The Labute approximate surface area is 102 Å². The number of fused-ring (bicyclic) bond motifs is 1. The molecule has 3 rings (SSSR count). The van der Waals surface area contributed by atoms with Crippen LogP contribution in [0.25, 0.3) is 11.3 Å². The third kappa shape index (κ3) is 1.75. The van der Waals surface area contributed by atoms with E-state index in [2.05, 4.69) is 4.98 Å². The van der Waals surface area contributed by atoms with Crippen molar-refractivity contribution in [1.29, 1.82) is 0 Å². The van der Waals surface area contributed by atoms with Crippen LogP contribution >= 0.6 is 11.8 Å². The van der Waals surface area contributed by atoms with E-state index in [4.69, 9.17) is 0 Å². The van der Waals surface area contributed by atoms with E-state index in [0.717, 1.165) is 34.4 Å². The number of thioether (sulfide) groups is 1. The van der Waals surface area contributed by atoms with Gasteiger partial charge in [-0.3, -0.25) is 0 Å². The van der Waals surface area contributed by atoms with Crippen LogP contribution in [0, 0.1) is 5.82 Å². The molecular formula is C12H11FN2OS. The maximum absolute atomic E-state index is 12.9. The fraction of sp³-hybridized carbons (Fsp3) is 0.250. The minimum atomic E-state index is -0.263. The van der Waals surface area contributed by atoms with Gasteiger partial charge in [0.25, 0.3) is 0 Å². The zero-order valence-electron chi connectivity index (χ0n) is 9.06. The van der Waals surface area contributed by atoms with Crippen LogP contribution in [0.1, 0.15) is 5.69 Å². The van der Waals surface area contributed by atoms with E-state index in [0.29, 0.717) is 0 Å². The summed E-state index contributed by atoms with van der Waals surface area (Å²) in [5.74, 6) is 0.736. The zero-order chi connectivity index (χ0) is 11.8. The molecule has 0 saturated heterocycles. The number of rotatable bonds is 2. The minimum Gasteiger partial charge on any atom is -0.390 e. The van der Waals surface area contributed by atoms with Crippen LogP contribution in [0.15, 0.2) is 29.4 Å². The second kappa shape index (κ2) is 4.16. The van der Waals surface area contributed by atoms with Gasteiger partial charge in [-0.25, -0.2) is 9.37 Å². The van der Waals surface area contributed by atoms with Crippen molar-refractivity contribution in [2.75, 3.05) is 5.75 Å². The summed E-state index contributed by atoms with van der Waals surface area (Å²) in [5.41, 5.74) is 2.42. The summed E-state index contributed by atoms with van der Waals surface area (Å²) < 4.78 is 14.9. The fourth-order valence-corrected chi connectivity index (χ4v) is 3.00. The number of hydrogen-bond acceptors (Lipinski definition) is 3. The van der Waals surface area contributed by atoms with Crippen molar-refractivity contribution in [3.8, 4) is 11.3 Å². The average molecular weight is 250 g/mol. The van der Waals surface area contributed by atoms with E-state index >= 15 is 0 Å². The Hall–Kier alpha value is -1.33. The van der Waals surface area contributed by atoms with E-state index < -0.39 is 0 Å². The molecule has 0 atom stereocenters. The summed E-state index contributed by atoms with van der Waals surface area (Å²) in [5, 5.41) is 10.4. The van der Waals surface area contributed by atoms with E-state index in [9.17, 15) is 9.50 Å². The molecule has 17 heavy (non-hydrogen) atoms. The number of hydrogen-bond donors (Lipinski definition) is 1. The lowest BCUT2D eigenvalue weighted by atomic mass is 10.1. The Kier molecular flexibility index (Phi) is 2.64. The first kappa shape index (κ1) is 10.8.